The fourth-order valence-corrected chi connectivity index (χ4v) is 3.38. The molecule has 1 aromatic rings. The van der Waals surface area contributed by atoms with E-state index in [0.29, 0.717) is 6.54 Å². The highest BCUT2D eigenvalue weighted by molar-refractivity contribution is 6.31. The summed E-state index contributed by atoms with van der Waals surface area (Å²) in [6.45, 7) is 4.54. The Hall–Kier alpha value is -1.30. The lowest BCUT2D eigenvalue weighted by molar-refractivity contribution is 0.0972. The standard InChI is InChI=1S/C17H30ClN9O.CH4.3ClH/c18-13-15(21)25-14(20)12(24-13)16(28)26-17(22)23-7-2-1-3-11-4-8-27(9-5-11)10-6-19;;;;/h11H,1-10,19H2,(H4,20,21,25)(H3,22,23,26,28);1H4;3*1H. The van der Waals surface area contributed by atoms with Crippen molar-refractivity contribution in [3.05, 3.63) is 10.8 Å². The quantitative estimate of drug-likeness (QED) is 0.190. The van der Waals surface area contributed by atoms with Crippen LogP contribution in [0.25, 0.3) is 0 Å². The third-order valence-corrected chi connectivity index (χ3v) is 5.09. The van der Waals surface area contributed by atoms with Crippen LogP contribution in [0.15, 0.2) is 4.99 Å². The molecule has 0 saturated carbocycles. The summed E-state index contributed by atoms with van der Waals surface area (Å²) in [5, 5.41) is 2.34. The van der Waals surface area contributed by atoms with Crippen molar-refractivity contribution in [2.24, 2.45) is 22.4 Å². The molecule has 0 unspecified atom stereocenters. The Labute approximate surface area is 213 Å². The molecule has 0 aliphatic carbocycles. The summed E-state index contributed by atoms with van der Waals surface area (Å²) in [7, 11) is 0. The zero-order valence-electron chi connectivity index (χ0n) is 17.3. The van der Waals surface area contributed by atoms with Crippen molar-refractivity contribution in [1.82, 2.24) is 20.2 Å². The van der Waals surface area contributed by atoms with Crippen molar-refractivity contribution >= 4 is 72.3 Å². The van der Waals surface area contributed by atoms with Crippen molar-refractivity contribution in [2.45, 2.75) is 39.5 Å². The van der Waals surface area contributed by atoms with E-state index in [1.54, 1.807) is 0 Å². The highest BCUT2D eigenvalue weighted by Crippen LogP contribution is 2.22. The van der Waals surface area contributed by atoms with Gasteiger partial charge in [0.05, 0.1) is 0 Å². The van der Waals surface area contributed by atoms with E-state index in [0.717, 1.165) is 44.9 Å². The first-order valence-electron chi connectivity index (χ1n) is 9.53. The minimum Gasteiger partial charge on any atom is -0.382 e. The number of nitrogens with one attached hydrogen (secondary N) is 1. The minimum atomic E-state index is -0.627. The van der Waals surface area contributed by atoms with E-state index in [1.807, 2.05) is 0 Å². The Balaban J connectivity index is -0.00000210. The minimum absolute atomic E-state index is 0. The maximum atomic E-state index is 12.1. The maximum Gasteiger partial charge on any atom is 0.280 e. The number of hydrogen-bond donors (Lipinski definition) is 5. The SMILES string of the molecule is C.Cl.Cl.Cl.NCCN1CCC(CCCCN=C(N)NC(=O)c2nc(Cl)c(N)nc2N)CC1. The molecule has 10 nitrogen and oxygen atoms in total. The number of amides is 1. The molecule has 2 heterocycles. The number of likely N-dealkylation sites (tertiary alicyclic amines) is 1. The van der Waals surface area contributed by atoms with Gasteiger partial charge < -0.3 is 27.8 Å². The number of carbonyl (C=O) groups excluding carboxylic acids is 1. The predicted octanol–water partition coefficient (Wildman–Crippen LogP) is 2.08. The monoisotopic (exact) mass is 535 g/mol. The Morgan fingerprint density at radius 1 is 1.12 bits per heavy atom. The molecule has 9 N–H and O–H groups in total. The molecule has 2 rings (SSSR count). The molecule has 0 atom stereocenters. The Bertz CT molecular complexity index is 701. The topological polar surface area (TPSA) is 175 Å². The number of unbranched alkanes of at least 4 members (excludes halogenated alkanes) is 1. The number of rotatable bonds is 8. The molecule has 1 aliphatic heterocycles. The summed E-state index contributed by atoms with van der Waals surface area (Å²) >= 11 is 5.77. The van der Waals surface area contributed by atoms with Crippen LogP contribution < -0.4 is 28.3 Å². The van der Waals surface area contributed by atoms with Gasteiger partial charge in [0.2, 0.25) is 0 Å². The summed E-state index contributed by atoms with van der Waals surface area (Å²) in [5.74, 6) is -0.00869. The zero-order valence-corrected chi connectivity index (χ0v) is 20.5. The van der Waals surface area contributed by atoms with Gasteiger partial charge in [-0.2, -0.15) is 0 Å². The highest BCUT2D eigenvalue weighted by atomic mass is 35.5. The van der Waals surface area contributed by atoms with Gasteiger partial charge in [-0.25, -0.2) is 9.97 Å². The van der Waals surface area contributed by atoms with Crippen LogP contribution in [0.2, 0.25) is 5.15 Å². The van der Waals surface area contributed by atoms with Crippen LogP contribution in [-0.4, -0.2) is 59.5 Å². The third-order valence-electron chi connectivity index (χ3n) is 4.82. The van der Waals surface area contributed by atoms with Crippen molar-refractivity contribution < 1.29 is 4.79 Å². The van der Waals surface area contributed by atoms with E-state index in [1.165, 1.54) is 19.3 Å². The van der Waals surface area contributed by atoms with Crippen LogP contribution in [0, 0.1) is 5.92 Å². The van der Waals surface area contributed by atoms with E-state index in [2.05, 4.69) is 25.2 Å². The number of guanidine groups is 1. The van der Waals surface area contributed by atoms with Crippen LogP contribution in [0.4, 0.5) is 11.6 Å². The second kappa shape index (κ2) is 18.2. The van der Waals surface area contributed by atoms with Gasteiger partial charge in [-0.05, 0) is 38.3 Å². The lowest BCUT2D eigenvalue weighted by Crippen LogP contribution is -2.38. The van der Waals surface area contributed by atoms with Crippen molar-refractivity contribution in [1.29, 1.82) is 0 Å². The Morgan fingerprint density at radius 2 is 1.75 bits per heavy atom. The fraction of sp³-hybridized carbons (Fsp3) is 0.667. The molecular weight excluding hydrogens is 500 g/mol. The summed E-state index contributed by atoms with van der Waals surface area (Å²) in [6.07, 6.45) is 5.64. The molecular formula is C18H37Cl4N9O. The molecule has 1 saturated heterocycles. The van der Waals surface area contributed by atoms with Crippen LogP contribution >= 0.6 is 48.8 Å². The number of nitrogen functional groups attached to an aromatic ring is 2. The average molecular weight is 537 g/mol. The Morgan fingerprint density at radius 3 is 2.34 bits per heavy atom. The molecule has 0 aromatic carbocycles. The Kier molecular flexibility index (Phi) is 20.0. The van der Waals surface area contributed by atoms with Gasteiger partial charge in [-0.15, -0.1) is 37.2 Å². The lowest BCUT2D eigenvalue weighted by Gasteiger charge is -2.31. The van der Waals surface area contributed by atoms with Gasteiger partial charge in [0, 0.05) is 19.6 Å². The average Bonchev–Trinajstić information content (AvgIpc) is 2.66. The summed E-state index contributed by atoms with van der Waals surface area (Å²) in [4.78, 5) is 26.3. The molecule has 1 aromatic heterocycles. The van der Waals surface area contributed by atoms with Crippen LogP contribution in [0.5, 0.6) is 0 Å². The molecule has 14 heteroatoms. The van der Waals surface area contributed by atoms with E-state index in [4.69, 9.17) is 34.5 Å². The van der Waals surface area contributed by atoms with E-state index in [-0.39, 0.29) is 73.1 Å². The summed E-state index contributed by atoms with van der Waals surface area (Å²) in [5.41, 5.74) is 22.3. The maximum absolute atomic E-state index is 12.1. The van der Waals surface area contributed by atoms with Gasteiger partial charge in [0.15, 0.2) is 28.4 Å². The summed E-state index contributed by atoms with van der Waals surface area (Å²) < 4.78 is 0. The van der Waals surface area contributed by atoms with Crippen molar-refractivity contribution in [3.63, 3.8) is 0 Å². The number of nitrogens with two attached hydrogens (primary N) is 4. The molecule has 0 spiro atoms. The molecule has 1 amide bonds. The second-order valence-corrected chi connectivity index (χ2v) is 7.28. The zero-order chi connectivity index (χ0) is 20.5. The number of aromatic nitrogens is 2. The molecule has 1 fully saturated rings. The van der Waals surface area contributed by atoms with Crippen LogP contribution in [0.1, 0.15) is 50.0 Å². The smallest absolute Gasteiger partial charge is 0.280 e. The molecule has 0 radical (unpaired) electrons. The van der Waals surface area contributed by atoms with Crippen LogP contribution in [0.3, 0.4) is 0 Å². The van der Waals surface area contributed by atoms with E-state index < -0.39 is 5.91 Å². The third kappa shape index (κ3) is 11.5. The van der Waals surface area contributed by atoms with Gasteiger partial charge >= 0.3 is 0 Å². The number of aliphatic imine (C=N–C) groups is 1. The van der Waals surface area contributed by atoms with Crippen molar-refractivity contribution in [3.8, 4) is 0 Å². The first-order chi connectivity index (χ1) is 13.4. The molecule has 32 heavy (non-hydrogen) atoms. The first kappa shape index (κ1) is 35.3. The highest BCUT2D eigenvalue weighted by Gasteiger charge is 2.18. The van der Waals surface area contributed by atoms with Gasteiger partial charge in [-0.3, -0.25) is 15.1 Å². The number of anilines is 2. The first-order valence-corrected chi connectivity index (χ1v) is 9.90. The summed E-state index contributed by atoms with van der Waals surface area (Å²) in [6, 6.07) is 0. The lowest BCUT2D eigenvalue weighted by atomic mass is 9.91. The molecule has 1 aliphatic rings. The second-order valence-electron chi connectivity index (χ2n) is 6.92. The van der Waals surface area contributed by atoms with Crippen molar-refractivity contribution in [2.75, 3.05) is 44.2 Å². The van der Waals surface area contributed by atoms with Gasteiger partial charge in [0.1, 0.15) is 0 Å². The number of nitrogens with zero attached hydrogens (tertiary/aromatic N) is 4. The predicted molar refractivity (Wildman–Crippen MR) is 140 cm³/mol. The van der Waals surface area contributed by atoms with E-state index in [9.17, 15) is 4.79 Å². The normalized spacial score (nSPS) is 14.2. The molecule has 188 valence electrons. The molecule has 0 bridgehead atoms. The fourth-order valence-electron chi connectivity index (χ4n) is 3.25. The number of carbonyl (C=O) groups is 1. The van der Waals surface area contributed by atoms with E-state index >= 15 is 0 Å². The van der Waals surface area contributed by atoms with Gasteiger partial charge in [-0.1, -0.05) is 31.9 Å². The van der Waals surface area contributed by atoms with Crippen LogP contribution in [-0.2, 0) is 0 Å². The number of halogens is 4. The number of hydrogen-bond acceptors (Lipinski definition) is 8. The number of piperidine rings is 1. The largest absolute Gasteiger partial charge is 0.382 e. The van der Waals surface area contributed by atoms with Gasteiger partial charge in [0.25, 0.3) is 5.91 Å².